The zero-order valence-corrected chi connectivity index (χ0v) is 9.21. The fraction of sp³-hybridized carbons (Fsp3) is 0.111. The van der Waals surface area contributed by atoms with Gasteiger partial charge in [0, 0.05) is 12.1 Å². The summed E-state index contributed by atoms with van der Waals surface area (Å²) in [7, 11) is 1.14. The van der Waals surface area contributed by atoms with Crippen molar-refractivity contribution in [3.63, 3.8) is 0 Å². The van der Waals surface area contributed by atoms with Crippen LogP contribution in [0.5, 0.6) is 0 Å². The molecule has 0 spiro atoms. The standard InChI is InChI=1S/C9H7Cl2NO3/c1-12(9(14)15)8(13)6-4-5(10)2-3-7(6)11/h2-4H,1H3,(H,14,15). The van der Waals surface area contributed by atoms with Crippen molar-refractivity contribution >= 4 is 35.2 Å². The summed E-state index contributed by atoms with van der Waals surface area (Å²) in [6.45, 7) is 0. The van der Waals surface area contributed by atoms with Gasteiger partial charge in [0.15, 0.2) is 0 Å². The molecule has 1 aromatic rings. The zero-order chi connectivity index (χ0) is 11.6. The third-order valence-corrected chi connectivity index (χ3v) is 2.32. The number of rotatable bonds is 1. The summed E-state index contributed by atoms with van der Waals surface area (Å²) in [5.41, 5.74) is 0.0640. The lowest BCUT2D eigenvalue weighted by Crippen LogP contribution is -2.31. The monoisotopic (exact) mass is 247 g/mol. The molecule has 15 heavy (non-hydrogen) atoms. The van der Waals surface area contributed by atoms with Crippen molar-refractivity contribution in [1.29, 1.82) is 0 Å². The third-order valence-electron chi connectivity index (χ3n) is 1.75. The molecule has 0 aromatic heterocycles. The van der Waals surface area contributed by atoms with Crippen LogP contribution in [0.1, 0.15) is 10.4 Å². The summed E-state index contributed by atoms with van der Waals surface area (Å²) in [6.07, 6.45) is -1.35. The predicted molar refractivity (Wildman–Crippen MR) is 56.6 cm³/mol. The van der Waals surface area contributed by atoms with Crippen LogP contribution in [0.3, 0.4) is 0 Å². The second kappa shape index (κ2) is 4.51. The van der Waals surface area contributed by atoms with Crippen molar-refractivity contribution in [2.75, 3.05) is 7.05 Å². The van der Waals surface area contributed by atoms with Gasteiger partial charge in [0.1, 0.15) is 0 Å². The Morgan fingerprint density at radius 3 is 2.47 bits per heavy atom. The second-order valence-electron chi connectivity index (χ2n) is 2.77. The molecule has 0 aliphatic heterocycles. The van der Waals surface area contributed by atoms with E-state index in [2.05, 4.69) is 0 Å². The average molecular weight is 248 g/mol. The molecule has 0 radical (unpaired) electrons. The Morgan fingerprint density at radius 2 is 1.93 bits per heavy atom. The van der Waals surface area contributed by atoms with Gasteiger partial charge in [-0.25, -0.2) is 9.69 Å². The number of halogens is 2. The van der Waals surface area contributed by atoms with Gasteiger partial charge in [-0.2, -0.15) is 0 Å². The molecule has 0 atom stereocenters. The molecular formula is C9H7Cl2NO3. The van der Waals surface area contributed by atoms with Gasteiger partial charge in [-0.15, -0.1) is 0 Å². The molecule has 0 saturated carbocycles. The van der Waals surface area contributed by atoms with Crippen LogP contribution in [0.4, 0.5) is 4.79 Å². The molecule has 80 valence electrons. The number of imide groups is 1. The van der Waals surface area contributed by atoms with E-state index in [1.165, 1.54) is 18.2 Å². The number of nitrogens with zero attached hydrogens (tertiary/aromatic N) is 1. The number of carbonyl (C=O) groups is 2. The van der Waals surface area contributed by atoms with E-state index < -0.39 is 12.0 Å². The van der Waals surface area contributed by atoms with Crippen molar-refractivity contribution in [2.45, 2.75) is 0 Å². The highest BCUT2D eigenvalue weighted by Gasteiger charge is 2.20. The minimum absolute atomic E-state index is 0.0640. The first-order chi connectivity index (χ1) is 6.93. The summed E-state index contributed by atoms with van der Waals surface area (Å²) >= 11 is 11.4. The molecule has 6 heteroatoms. The molecule has 0 fully saturated rings. The fourth-order valence-corrected chi connectivity index (χ4v) is 1.30. The van der Waals surface area contributed by atoms with Crippen LogP contribution in [0, 0.1) is 0 Å². The Bertz CT molecular complexity index is 420. The van der Waals surface area contributed by atoms with Crippen LogP contribution >= 0.6 is 23.2 Å². The van der Waals surface area contributed by atoms with Crippen LogP contribution in [0.25, 0.3) is 0 Å². The van der Waals surface area contributed by atoms with Crippen molar-refractivity contribution in [3.8, 4) is 0 Å². The lowest BCUT2D eigenvalue weighted by molar-refractivity contribution is 0.0782. The molecule has 4 nitrogen and oxygen atoms in total. The van der Waals surface area contributed by atoms with E-state index in [0.29, 0.717) is 9.92 Å². The molecule has 0 unspecified atom stereocenters. The van der Waals surface area contributed by atoms with Crippen LogP contribution in [-0.2, 0) is 0 Å². The van der Waals surface area contributed by atoms with Crippen LogP contribution in [-0.4, -0.2) is 29.1 Å². The summed E-state index contributed by atoms with van der Waals surface area (Å²) < 4.78 is 0. The van der Waals surface area contributed by atoms with Crippen molar-refractivity contribution < 1.29 is 14.7 Å². The van der Waals surface area contributed by atoms with E-state index in [9.17, 15) is 9.59 Å². The van der Waals surface area contributed by atoms with Gasteiger partial charge < -0.3 is 5.11 Å². The number of hydrogen-bond acceptors (Lipinski definition) is 2. The van der Waals surface area contributed by atoms with Gasteiger partial charge in [-0.3, -0.25) is 4.79 Å². The van der Waals surface area contributed by atoms with Crippen molar-refractivity contribution in [2.24, 2.45) is 0 Å². The number of benzene rings is 1. The molecule has 0 heterocycles. The van der Waals surface area contributed by atoms with Crippen molar-refractivity contribution in [1.82, 2.24) is 4.90 Å². The van der Waals surface area contributed by atoms with Gasteiger partial charge in [-0.1, -0.05) is 23.2 Å². The molecule has 1 aromatic carbocycles. The van der Waals surface area contributed by atoms with Gasteiger partial charge in [0.25, 0.3) is 5.91 Å². The zero-order valence-electron chi connectivity index (χ0n) is 7.70. The molecule has 0 aliphatic carbocycles. The molecule has 1 N–H and O–H groups in total. The lowest BCUT2D eigenvalue weighted by Gasteiger charge is -2.12. The minimum Gasteiger partial charge on any atom is -0.465 e. The minimum atomic E-state index is -1.35. The maximum absolute atomic E-state index is 11.6. The van der Waals surface area contributed by atoms with E-state index >= 15 is 0 Å². The molecule has 0 bridgehead atoms. The van der Waals surface area contributed by atoms with Crippen LogP contribution < -0.4 is 0 Å². The topological polar surface area (TPSA) is 57.6 Å². The fourth-order valence-electron chi connectivity index (χ4n) is 0.929. The van der Waals surface area contributed by atoms with E-state index in [-0.39, 0.29) is 10.6 Å². The van der Waals surface area contributed by atoms with E-state index in [4.69, 9.17) is 28.3 Å². The van der Waals surface area contributed by atoms with Crippen molar-refractivity contribution in [3.05, 3.63) is 33.8 Å². The SMILES string of the molecule is CN(C(=O)O)C(=O)c1cc(Cl)ccc1Cl. The Balaban J connectivity index is 3.11. The number of hydrogen-bond donors (Lipinski definition) is 1. The number of amides is 2. The normalized spacial score (nSPS) is 9.80. The van der Waals surface area contributed by atoms with E-state index in [1.54, 1.807) is 0 Å². The van der Waals surface area contributed by atoms with Crippen LogP contribution in [0.15, 0.2) is 18.2 Å². The maximum atomic E-state index is 11.6. The average Bonchev–Trinajstić information content (AvgIpc) is 2.19. The smallest absolute Gasteiger partial charge is 0.414 e. The van der Waals surface area contributed by atoms with Gasteiger partial charge in [-0.05, 0) is 18.2 Å². The Kier molecular flexibility index (Phi) is 3.55. The molecule has 0 aliphatic rings. The molecule has 0 saturated heterocycles. The van der Waals surface area contributed by atoms with Crippen LogP contribution in [0.2, 0.25) is 10.0 Å². The quantitative estimate of drug-likeness (QED) is 0.831. The Morgan fingerprint density at radius 1 is 1.33 bits per heavy atom. The summed E-state index contributed by atoms with van der Waals surface area (Å²) in [6, 6.07) is 4.28. The van der Waals surface area contributed by atoms with E-state index in [1.807, 2.05) is 0 Å². The molecule has 1 rings (SSSR count). The third kappa shape index (κ3) is 2.61. The first-order valence-electron chi connectivity index (χ1n) is 3.89. The van der Waals surface area contributed by atoms with Gasteiger partial charge in [0.2, 0.25) is 0 Å². The highest BCUT2D eigenvalue weighted by atomic mass is 35.5. The lowest BCUT2D eigenvalue weighted by atomic mass is 10.2. The second-order valence-corrected chi connectivity index (χ2v) is 3.61. The molecule has 2 amide bonds. The maximum Gasteiger partial charge on any atom is 0.414 e. The van der Waals surface area contributed by atoms with Gasteiger partial charge in [0.05, 0.1) is 10.6 Å². The highest BCUT2D eigenvalue weighted by molar-refractivity contribution is 6.36. The Hall–Kier alpha value is -1.26. The summed E-state index contributed by atoms with van der Waals surface area (Å²) in [5.74, 6) is -0.713. The largest absolute Gasteiger partial charge is 0.465 e. The number of carbonyl (C=O) groups excluding carboxylic acids is 1. The number of carboxylic acid groups (broad SMARTS) is 1. The molecular weight excluding hydrogens is 241 g/mol. The summed E-state index contributed by atoms with van der Waals surface area (Å²) in [5, 5.41) is 9.09. The first kappa shape index (κ1) is 11.8. The predicted octanol–water partition coefficient (Wildman–Crippen LogP) is 2.74. The van der Waals surface area contributed by atoms with E-state index in [0.717, 1.165) is 7.05 Å². The first-order valence-corrected chi connectivity index (χ1v) is 4.65. The Labute approximate surface area is 96.0 Å². The summed E-state index contributed by atoms with van der Waals surface area (Å²) in [4.78, 5) is 22.6. The highest BCUT2D eigenvalue weighted by Crippen LogP contribution is 2.21. The van der Waals surface area contributed by atoms with Gasteiger partial charge >= 0.3 is 6.09 Å².